The van der Waals surface area contributed by atoms with E-state index in [9.17, 15) is 23.3 Å². The van der Waals surface area contributed by atoms with Gasteiger partial charge in [-0.05, 0) is 42.7 Å². The van der Waals surface area contributed by atoms with Crippen LogP contribution in [-0.2, 0) is 16.4 Å². The molecule has 0 aromatic heterocycles. The molecule has 172 valence electrons. The summed E-state index contributed by atoms with van der Waals surface area (Å²) in [6.45, 7) is 1.86. The largest absolute Gasteiger partial charge is 0.495 e. The van der Waals surface area contributed by atoms with E-state index in [2.05, 4.69) is 10.0 Å². The van der Waals surface area contributed by atoms with Crippen molar-refractivity contribution in [3.63, 3.8) is 0 Å². The molecule has 3 aromatic carbocycles. The Morgan fingerprint density at radius 2 is 1.79 bits per heavy atom. The molecule has 0 fully saturated rings. The summed E-state index contributed by atoms with van der Waals surface area (Å²) in [5.41, 5.74) is 1.75. The van der Waals surface area contributed by atoms with E-state index in [1.807, 2.05) is 30.3 Å². The molecule has 0 saturated heterocycles. The summed E-state index contributed by atoms with van der Waals surface area (Å²) >= 11 is 0. The lowest BCUT2D eigenvalue weighted by Crippen LogP contribution is -2.27. The smallest absolute Gasteiger partial charge is 0.271 e. The molecule has 0 heterocycles. The molecular weight excluding hydrogens is 446 g/mol. The molecule has 0 aliphatic rings. The predicted octanol–water partition coefficient (Wildman–Crippen LogP) is 3.69. The van der Waals surface area contributed by atoms with Crippen molar-refractivity contribution in [3.8, 4) is 5.75 Å². The number of amides is 1. The average Bonchev–Trinajstić information content (AvgIpc) is 2.80. The van der Waals surface area contributed by atoms with Crippen molar-refractivity contribution in [2.75, 3.05) is 19.0 Å². The maximum Gasteiger partial charge on any atom is 0.271 e. The van der Waals surface area contributed by atoms with Gasteiger partial charge in [-0.2, -0.15) is 0 Å². The molecule has 9 nitrogen and oxygen atoms in total. The molecule has 0 saturated carbocycles. The van der Waals surface area contributed by atoms with Gasteiger partial charge in [0.1, 0.15) is 10.6 Å². The van der Waals surface area contributed by atoms with Crippen LogP contribution in [0.3, 0.4) is 0 Å². The molecule has 33 heavy (non-hydrogen) atoms. The fourth-order valence-electron chi connectivity index (χ4n) is 3.13. The normalized spacial score (nSPS) is 11.1. The van der Waals surface area contributed by atoms with Crippen LogP contribution in [0.15, 0.2) is 71.6 Å². The number of aryl methyl sites for hydroxylation is 1. The Kier molecular flexibility index (Phi) is 7.41. The molecule has 3 rings (SSSR count). The van der Waals surface area contributed by atoms with E-state index in [0.29, 0.717) is 12.0 Å². The fourth-order valence-corrected chi connectivity index (χ4v) is 4.36. The second kappa shape index (κ2) is 10.2. The van der Waals surface area contributed by atoms with Gasteiger partial charge in [0.2, 0.25) is 10.0 Å². The highest BCUT2D eigenvalue weighted by molar-refractivity contribution is 7.89. The van der Waals surface area contributed by atoms with Crippen LogP contribution in [0.1, 0.15) is 21.5 Å². The molecule has 3 aromatic rings. The van der Waals surface area contributed by atoms with Gasteiger partial charge in [0.15, 0.2) is 0 Å². The van der Waals surface area contributed by atoms with E-state index >= 15 is 0 Å². The molecular formula is C23H23N3O6S. The van der Waals surface area contributed by atoms with E-state index in [1.54, 1.807) is 6.92 Å². The molecule has 0 radical (unpaired) electrons. The third-order valence-electron chi connectivity index (χ3n) is 4.94. The van der Waals surface area contributed by atoms with Crippen LogP contribution in [0.5, 0.6) is 5.75 Å². The topological polar surface area (TPSA) is 128 Å². The number of hydrogen-bond donors (Lipinski definition) is 2. The van der Waals surface area contributed by atoms with Crippen molar-refractivity contribution in [2.45, 2.75) is 18.2 Å². The van der Waals surface area contributed by atoms with Gasteiger partial charge in [0.25, 0.3) is 11.6 Å². The number of carbonyl (C=O) groups is 1. The van der Waals surface area contributed by atoms with Gasteiger partial charge >= 0.3 is 0 Å². The molecule has 0 aliphatic heterocycles. The number of nitrogens with one attached hydrogen (secondary N) is 2. The van der Waals surface area contributed by atoms with Crippen LogP contribution < -0.4 is 14.8 Å². The predicted molar refractivity (Wildman–Crippen MR) is 124 cm³/mol. The Labute approximate surface area is 191 Å². The first-order valence-corrected chi connectivity index (χ1v) is 11.5. The monoisotopic (exact) mass is 469 g/mol. The summed E-state index contributed by atoms with van der Waals surface area (Å²) in [7, 11) is -2.63. The molecule has 1 amide bonds. The number of benzene rings is 3. The third kappa shape index (κ3) is 5.93. The zero-order chi connectivity index (χ0) is 24.0. The molecule has 0 unspecified atom stereocenters. The first-order chi connectivity index (χ1) is 15.7. The van der Waals surface area contributed by atoms with Crippen molar-refractivity contribution in [3.05, 3.63) is 93.5 Å². The van der Waals surface area contributed by atoms with Gasteiger partial charge in [0, 0.05) is 24.2 Å². The number of ether oxygens (including phenoxy) is 1. The van der Waals surface area contributed by atoms with E-state index in [0.717, 1.165) is 5.56 Å². The number of nitro groups is 1. The summed E-state index contributed by atoms with van der Waals surface area (Å²) in [4.78, 5) is 23.1. The molecule has 10 heteroatoms. The van der Waals surface area contributed by atoms with Gasteiger partial charge in [0.05, 0.1) is 17.7 Å². The van der Waals surface area contributed by atoms with E-state index in [1.165, 1.54) is 43.5 Å². The number of rotatable bonds is 9. The Morgan fingerprint density at radius 3 is 2.45 bits per heavy atom. The summed E-state index contributed by atoms with van der Waals surface area (Å²) in [6.07, 6.45) is 0.495. The lowest BCUT2D eigenvalue weighted by atomic mass is 10.1. The number of hydrogen-bond acceptors (Lipinski definition) is 6. The quantitative estimate of drug-likeness (QED) is 0.363. The maximum absolute atomic E-state index is 12.9. The van der Waals surface area contributed by atoms with Crippen molar-refractivity contribution in [1.29, 1.82) is 0 Å². The lowest BCUT2D eigenvalue weighted by Gasteiger charge is -2.13. The van der Waals surface area contributed by atoms with Crippen molar-refractivity contribution in [1.82, 2.24) is 4.72 Å². The SMILES string of the molecule is COc1ccc(C(=O)Nc2cc([N+](=O)[O-])ccc2C)cc1S(=O)(=O)NCCc1ccccc1. The van der Waals surface area contributed by atoms with Gasteiger partial charge < -0.3 is 10.1 Å². The highest BCUT2D eigenvalue weighted by Crippen LogP contribution is 2.27. The Hall–Kier alpha value is -3.76. The number of anilines is 1. The lowest BCUT2D eigenvalue weighted by molar-refractivity contribution is -0.384. The van der Waals surface area contributed by atoms with Gasteiger partial charge in [-0.15, -0.1) is 0 Å². The van der Waals surface area contributed by atoms with Gasteiger partial charge in [-0.25, -0.2) is 13.1 Å². The zero-order valence-corrected chi connectivity index (χ0v) is 18.9. The fraction of sp³-hybridized carbons (Fsp3) is 0.174. The van der Waals surface area contributed by atoms with Gasteiger partial charge in [-0.3, -0.25) is 14.9 Å². The minimum atomic E-state index is -3.97. The number of sulfonamides is 1. The van der Waals surface area contributed by atoms with Crippen molar-refractivity contribution in [2.24, 2.45) is 0 Å². The van der Waals surface area contributed by atoms with Crippen LogP contribution in [0.25, 0.3) is 0 Å². The average molecular weight is 470 g/mol. The summed E-state index contributed by atoms with van der Waals surface area (Å²) in [5.74, 6) is -0.521. The Balaban J connectivity index is 1.82. The number of nitrogens with zero attached hydrogens (tertiary/aromatic N) is 1. The van der Waals surface area contributed by atoms with Crippen LogP contribution >= 0.6 is 0 Å². The Bertz CT molecular complexity index is 1280. The van der Waals surface area contributed by atoms with Gasteiger partial charge in [-0.1, -0.05) is 36.4 Å². The number of nitro benzene ring substituents is 1. The standard InChI is InChI=1S/C23H23N3O6S/c1-16-8-10-19(26(28)29)15-20(16)25-23(27)18-9-11-21(32-2)22(14-18)33(30,31)24-13-12-17-6-4-3-5-7-17/h3-11,14-15,24H,12-13H2,1-2H3,(H,25,27). The molecule has 0 aliphatic carbocycles. The van der Waals surface area contributed by atoms with Crippen molar-refractivity contribution >= 4 is 27.3 Å². The van der Waals surface area contributed by atoms with Crippen LogP contribution in [0.2, 0.25) is 0 Å². The molecule has 0 bridgehead atoms. The minimum absolute atomic E-state index is 0.0603. The van der Waals surface area contributed by atoms with E-state index < -0.39 is 20.9 Å². The summed E-state index contributed by atoms with van der Waals surface area (Å²) in [5, 5.41) is 13.6. The second-order valence-corrected chi connectivity index (χ2v) is 8.94. The first-order valence-electron chi connectivity index (χ1n) is 9.99. The number of carbonyl (C=O) groups excluding carboxylic acids is 1. The first kappa shape index (κ1) is 23.9. The molecule has 0 atom stereocenters. The number of methoxy groups -OCH3 is 1. The highest BCUT2D eigenvalue weighted by Gasteiger charge is 2.22. The number of non-ortho nitro benzene ring substituents is 1. The van der Waals surface area contributed by atoms with E-state index in [4.69, 9.17) is 4.74 Å². The minimum Gasteiger partial charge on any atom is -0.495 e. The van der Waals surface area contributed by atoms with Crippen LogP contribution in [0, 0.1) is 17.0 Å². The van der Waals surface area contributed by atoms with E-state index in [-0.39, 0.29) is 34.1 Å². The Morgan fingerprint density at radius 1 is 1.06 bits per heavy atom. The highest BCUT2D eigenvalue weighted by atomic mass is 32.2. The second-order valence-electron chi connectivity index (χ2n) is 7.21. The van der Waals surface area contributed by atoms with Crippen molar-refractivity contribution < 1.29 is 22.9 Å². The third-order valence-corrected chi connectivity index (χ3v) is 6.43. The molecule has 2 N–H and O–H groups in total. The zero-order valence-electron chi connectivity index (χ0n) is 18.1. The summed E-state index contributed by atoms with van der Waals surface area (Å²) < 4.78 is 33.5. The molecule has 0 spiro atoms. The summed E-state index contributed by atoms with van der Waals surface area (Å²) in [6, 6.07) is 17.6. The maximum atomic E-state index is 12.9. The van der Waals surface area contributed by atoms with Crippen LogP contribution in [-0.4, -0.2) is 32.9 Å². The van der Waals surface area contributed by atoms with Crippen LogP contribution in [0.4, 0.5) is 11.4 Å².